The lowest BCUT2D eigenvalue weighted by atomic mass is 9.99. The Kier molecular flexibility index (Phi) is 5.58. The van der Waals surface area contributed by atoms with Gasteiger partial charge in [-0.15, -0.1) is 13.2 Å². The van der Waals surface area contributed by atoms with Crippen LogP contribution in [0.15, 0.2) is 25.3 Å². The molecule has 0 N–H and O–H groups in total. The lowest BCUT2D eigenvalue weighted by Crippen LogP contribution is -2.48. The van der Waals surface area contributed by atoms with E-state index in [1.807, 2.05) is 0 Å². The minimum Gasteiger partial charge on any atom is -0.464 e. The Morgan fingerprint density at radius 1 is 1.29 bits per heavy atom. The lowest BCUT2D eigenvalue weighted by molar-refractivity contribution is -0.149. The molecule has 5 nitrogen and oxygen atoms in total. The van der Waals surface area contributed by atoms with Crippen LogP contribution in [0.1, 0.15) is 34.1 Å². The van der Waals surface area contributed by atoms with Crippen LogP contribution >= 0.6 is 0 Å². The summed E-state index contributed by atoms with van der Waals surface area (Å²) in [6.45, 7) is 14.9. The van der Waals surface area contributed by atoms with E-state index in [1.54, 1.807) is 39.8 Å². The molecule has 0 radical (unpaired) electrons. The molecule has 0 aliphatic carbocycles. The Balaban J connectivity index is 3.07. The summed E-state index contributed by atoms with van der Waals surface area (Å²) in [5.74, 6) is -0.600. The Morgan fingerprint density at radius 2 is 1.90 bits per heavy atom. The van der Waals surface area contributed by atoms with Gasteiger partial charge >= 0.3 is 12.1 Å². The van der Waals surface area contributed by atoms with Gasteiger partial charge in [0, 0.05) is 5.92 Å². The van der Waals surface area contributed by atoms with Crippen molar-refractivity contribution in [3.8, 4) is 0 Å². The van der Waals surface area contributed by atoms with Crippen molar-refractivity contribution in [3.63, 3.8) is 0 Å². The van der Waals surface area contributed by atoms with E-state index in [9.17, 15) is 9.59 Å². The summed E-state index contributed by atoms with van der Waals surface area (Å²) >= 11 is 0. The number of amides is 1. The van der Waals surface area contributed by atoms with Crippen molar-refractivity contribution in [1.29, 1.82) is 0 Å². The van der Waals surface area contributed by atoms with Gasteiger partial charge in [0.05, 0.1) is 12.6 Å². The largest absolute Gasteiger partial charge is 0.464 e. The molecule has 1 rings (SSSR count). The number of carbonyl (C=O) groups excluding carboxylic acids is 2. The fourth-order valence-corrected chi connectivity index (χ4v) is 2.45. The van der Waals surface area contributed by atoms with Crippen molar-refractivity contribution >= 4 is 12.1 Å². The zero-order valence-electron chi connectivity index (χ0n) is 13.3. The first-order chi connectivity index (χ1) is 9.75. The van der Waals surface area contributed by atoms with Gasteiger partial charge in [0.2, 0.25) is 0 Å². The lowest BCUT2D eigenvalue weighted by Gasteiger charge is -2.31. The van der Waals surface area contributed by atoms with Crippen LogP contribution in [0.4, 0.5) is 4.79 Å². The molecule has 0 spiro atoms. The molecule has 1 fully saturated rings. The average Bonchev–Trinajstić information content (AvgIpc) is 2.75. The third-order valence-electron chi connectivity index (χ3n) is 3.28. The monoisotopic (exact) mass is 295 g/mol. The standard InChI is InChI=1S/C16H25NO4/c1-7-11-10-12(8-2)17(13(11)14(18)20-9-3)15(19)21-16(4,5)6/h7-8,11-13H,1-2,9-10H2,3-6H3/t11-,12+,13-/m0/s1. The molecule has 118 valence electrons. The Bertz CT molecular complexity index is 424. The number of hydrogen-bond acceptors (Lipinski definition) is 4. The molecule has 0 bridgehead atoms. The average molecular weight is 295 g/mol. The van der Waals surface area contributed by atoms with Crippen LogP contribution in [-0.4, -0.2) is 41.3 Å². The van der Waals surface area contributed by atoms with Crippen molar-refractivity contribution < 1.29 is 19.1 Å². The smallest absolute Gasteiger partial charge is 0.411 e. The number of ether oxygens (including phenoxy) is 2. The molecule has 1 aliphatic rings. The first-order valence-corrected chi connectivity index (χ1v) is 7.18. The highest BCUT2D eigenvalue weighted by Gasteiger charge is 2.47. The molecular formula is C16H25NO4. The maximum atomic E-state index is 12.4. The van der Waals surface area contributed by atoms with Crippen LogP contribution in [0.3, 0.4) is 0 Å². The maximum Gasteiger partial charge on any atom is 0.411 e. The van der Waals surface area contributed by atoms with Gasteiger partial charge in [-0.05, 0) is 34.1 Å². The minimum absolute atomic E-state index is 0.167. The van der Waals surface area contributed by atoms with Gasteiger partial charge < -0.3 is 9.47 Å². The highest BCUT2D eigenvalue weighted by atomic mass is 16.6. The second-order valence-electron chi connectivity index (χ2n) is 6.02. The van der Waals surface area contributed by atoms with E-state index in [-0.39, 0.29) is 18.6 Å². The van der Waals surface area contributed by atoms with E-state index in [0.717, 1.165) is 0 Å². The summed E-state index contributed by atoms with van der Waals surface area (Å²) in [5, 5.41) is 0. The molecule has 0 saturated carbocycles. The van der Waals surface area contributed by atoms with E-state index in [0.29, 0.717) is 6.42 Å². The first-order valence-electron chi connectivity index (χ1n) is 7.18. The van der Waals surface area contributed by atoms with Gasteiger partial charge in [-0.25, -0.2) is 9.59 Å². The molecule has 0 aromatic heterocycles. The SMILES string of the molecule is C=C[C@@H]1C[C@H](C=C)[C@@H](C(=O)OCC)N1C(=O)OC(C)(C)C. The van der Waals surface area contributed by atoms with Gasteiger partial charge in [0.25, 0.3) is 0 Å². The first kappa shape index (κ1) is 17.3. The number of carbonyl (C=O) groups is 2. The second kappa shape index (κ2) is 6.78. The molecule has 1 heterocycles. The Morgan fingerprint density at radius 3 is 2.33 bits per heavy atom. The number of esters is 1. The number of nitrogens with zero attached hydrogens (tertiary/aromatic N) is 1. The van der Waals surface area contributed by atoms with Crippen molar-refractivity contribution in [2.24, 2.45) is 5.92 Å². The normalized spacial score (nSPS) is 25.3. The third-order valence-corrected chi connectivity index (χ3v) is 3.28. The summed E-state index contributed by atoms with van der Waals surface area (Å²) in [5.41, 5.74) is -0.631. The molecule has 3 atom stereocenters. The predicted octanol–water partition coefficient (Wildman–Crippen LogP) is 2.92. The molecular weight excluding hydrogens is 270 g/mol. The molecule has 1 saturated heterocycles. The molecule has 0 aromatic carbocycles. The van der Waals surface area contributed by atoms with E-state index in [2.05, 4.69) is 13.2 Å². The summed E-state index contributed by atoms with van der Waals surface area (Å²) in [7, 11) is 0. The zero-order chi connectivity index (χ0) is 16.2. The third kappa shape index (κ3) is 4.09. The van der Waals surface area contributed by atoms with Gasteiger partial charge in [0.15, 0.2) is 0 Å². The second-order valence-corrected chi connectivity index (χ2v) is 6.02. The maximum absolute atomic E-state index is 12.4. The fraction of sp³-hybridized carbons (Fsp3) is 0.625. The Labute approximate surface area is 126 Å². The summed E-state index contributed by atoms with van der Waals surface area (Å²) in [4.78, 5) is 26.0. The van der Waals surface area contributed by atoms with Crippen molar-refractivity contribution in [2.45, 2.75) is 51.8 Å². The van der Waals surface area contributed by atoms with E-state index >= 15 is 0 Å². The minimum atomic E-state index is -0.708. The summed E-state index contributed by atoms with van der Waals surface area (Å²) < 4.78 is 10.5. The van der Waals surface area contributed by atoms with Gasteiger partial charge in [-0.3, -0.25) is 4.90 Å². The quantitative estimate of drug-likeness (QED) is 0.591. The highest BCUT2D eigenvalue weighted by molar-refractivity contribution is 5.83. The van der Waals surface area contributed by atoms with Gasteiger partial charge in [-0.2, -0.15) is 0 Å². The van der Waals surface area contributed by atoms with Crippen LogP contribution in [0, 0.1) is 5.92 Å². The van der Waals surface area contributed by atoms with Gasteiger partial charge in [0.1, 0.15) is 11.6 Å². The Hall–Kier alpha value is -1.78. The van der Waals surface area contributed by atoms with Crippen molar-refractivity contribution in [1.82, 2.24) is 4.90 Å². The summed E-state index contributed by atoms with van der Waals surface area (Å²) in [6, 6.07) is -0.974. The summed E-state index contributed by atoms with van der Waals surface area (Å²) in [6.07, 6.45) is 3.40. The van der Waals surface area contributed by atoms with E-state index < -0.39 is 23.7 Å². The van der Waals surface area contributed by atoms with Crippen LogP contribution < -0.4 is 0 Å². The number of likely N-dealkylation sites (tertiary alicyclic amines) is 1. The topological polar surface area (TPSA) is 55.8 Å². The van der Waals surface area contributed by atoms with Crippen LogP contribution in [0.2, 0.25) is 0 Å². The van der Waals surface area contributed by atoms with Crippen LogP contribution in [-0.2, 0) is 14.3 Å². The molecule has 1 aliphatic heterocycles. The van der Waals surface area contributed by atoms with Crippen LogP contribution in [0.5, 0.6) is 0 Å². The van der Waals surface area contributed by atoms with Gasteiger partial charge in [-0.1, -0.05) is 12.2 Å². The molecule has 21 heavy (non-hydrogen) atoms. The van der Waals surface area contributed by atoms with Crippen molar-refractivity contribution in [3.05, 3.63) is 25.3 Å². The van der Waals surface area contributed by atoms with E-state index in [1.165, 1.54) is 4.90 Å². The molecule has 5 heteroatoms. The number of hydrogen-bond donors (Lipinski definition) is 0. The zero-order valence-corrected chi connectivity index (χ0v) is 13.3. The van der Waals surface area contributed by atoms with Crippen LogP contribution in [0.25, 0.3) is 0 Å². The molecule has 1 amide bonds. The molecule has 0 aromatic rings. The predicted molar refractivity (Wildman–Crippen MR) is 80.8 cm³/mol. The highest BCUT2D eigenvalue weighted by Crippen LogP contribution is 2.33. The fourth-order valence-electron chi connectivity index (χ4n) is 2.45. The number of rotatable bonds is 4. The van der Waals surface area contributed by atoms with Crippen molar-refractivity contribution in [2.75, 3.05) is 6.61 Å². The van der Waals surface area contributed by atoms with E-state index in [4.69, 9.17) is 9.47 Å². The molecule has 0 unspecified atom stereocenters.